The van der Waals surface area contributed by atoms with Crippen LogP contribution >= 0.6 is 0 Å². The normalized spacial score (nSPS) is 29.7. The SMILES string of the molecule is Cc1ccc2c(c1)CC(CC1(C#N)CCOC1)O2. The summed E-state index contributed by atoms with van der Waals surface area (Å²) in [5.41, 5.74) is 2.20. The predicted octanol–water partition coefficient (Wildman–Crippen LogP) is 2.62. The van der Waals surface area contributed by atoms with Gasteiger partial charge in [-0.15, -0.1) is 0 Å². The molecule has 1 aromatic carbocycles. The fourth-order valence-electron chi connectivity index (χ4n) is 2.90. The van der Waals surface area contributed by atoms with Crippen LogP contribution in [0.2, 0.25) is 0 Å². The van der Waals surface area contributed by atoms with Crippen LogP contribution in [0.4, 0.5) is 0 Å². The highest BCUT2D eigenvalue weighted by molar-refractivity contribution is 5.40. The van der Waals surface area contributed by atoms with Crippen LogP contribution in [-0.4, -0.2) is 19.3 Å². The first-order chi connectivity index (χ1) is 8.71. The molecule has 0 bridgehead atoms. The van der Waals surface area contributed by atoms with E-state index in [-0.39, 0.29) is 11.5 Å². The first-order valence-electron chi connectivity index (χ1n) is 6.46. The summed E-state index contributed by atoms with van der Waals surface area (Å²) in [7, 11) is 0. The van der Waals surface area contributed by atoms with E-state index in [1.807, 2.05) is 6.07 Å². The number of fused-ring (bicyclic) bond motifs is 1. The summed E-state index contributed by atoms with van der Waals surface area (Å²) in [6, 6.07) is 8.72. The first kappa shape index (κ1) is 11.6. The van der Waals surface area contributed by atoms with Crippen molar-refractivity contribution in [2.24, 2.45) is 5.41 Å². The molecular weight excluding hydrogens is 226 g/mol. The molecule has 0 radical (unpaired) electrons. The molecule has 3 nitrogen and oxygen atoms in total. The van der Waals surface area contributed by atoms with Crippen molar-refractivity contribution in [2.45, 2.75) is 32.3 Å². The van der Waals surface area contributed by atoms with Crippen molar-refractivity contribution in [3.8, 4) is 11.8 Å². The summed E-state index contributed by atoms with van der Waals surface area (Å²) < 4.78 is 11.3. The minimum atomic E-state index is -0.332. The molecule has 0 spiro atoms. The summed E-state index contributed by atoms with van der Waals surface area (Å²) >= 11 is 0. The Morgan fingerprint density at radius 2 is 2.39 bits per heavy atom. The molecule has 18 heavy (non-hydrogen) atoms. The molecule has 0 N–H and O–H groups in total. The molecular formula is C15H17NO2. The Labute approximate surface area is 107 Å². The molecule has 0 amide bonds. The van der Waals surface area contributed by atoms with Crippen molar-refractivity contribution in [1.82, 2.24) is 0 Å². The lowest BCUT2D eigenvalue weighted by atomic mass is 9.82. The van der Waals surface area contributed by atoms with E-state index in [0.717, 1.165) is 25.0 Å². The molecule has 1 aromatic rings. The molecule has 2 aliphatic rings. The quantitative estimate of drug-likeness (QED) is 0.801. The van der Waals surface area contributed by atoms with Gasteiger partial charge in [0.05, 0.1) is 18.1 Å². The third-order valence-electron chi connectivity index (χ3n) is 3.92. The Kier molecular flexibility index (Phi) is 2.76. The lowest BCUT2D eigenvalue weighted by Crippen LogP contribution is -2.28. The second kappa shape index (κ2) is 4.29. The Morgan fingerprint density at radius 1 is 1.50 bits per heavy atom. The standard InChI is InChI=1S/C15H17NO2/c1-11-2-3-14-12(6-11)7-13(18-14)8-15(9-16)4-5-17-10-15/h2-3,6,13H,4-5,7-8,10H2,1H3. The fraction of sp³-hybridized carbons (Fsp3) is 0.533. The lowest BCUT2D eigenvalue weighted by molar-refractivity contribution is 0.133. The highest BCUT2D eigenvalue weighted by atomic mass is 16.5. The number of nitriles is 1. The molecule has 1 saturated heterocycles. The Balaban J connectivity index is 1.73. The Hall–Kier alpha value is -1.53. The second-order valence-electron chi connectivity index (χ2n) is 5.45. The van der Waals surface area contributed by atoms with Crippen LogP contribution in [-0.2, 0) is 11.2 Å². The molecule has 0 aliphatic carbocycles. The summed E-state index contributed by atoms with van der Waals surface area (Å²) in [5.74, 6) is 0.984. The van der Waals surface area contributed by atoms with Crippen LogP contribution < -0.4 is 4.74 Å². The summed E-state index contributed by atoms with van der Waals surface area (Å²) in [6.45, 7) is 3.35. The summed E-state index contributed by atoms with van der Waals surface area (Å²) in [6.07, 6.45) is 2.65. The Bertz CT molecular complexity index is 498. The lowest BCUT2D eigenvalue weighted by Gasteiger charge is -2.22. The zero-order valence-corrected chi connectivity index (χ0v) is 10.6. The van der Waals surface area contributed by atoms with Gasteiger partial charge in [-0.05, 0) is 25.0 Å². The van der Waals surface area contributed by atoms with E-state index in [2.05, 4.69) is 25.1 Å². The number of hydrogen-bond donors (Lipinski definition) is 0. The average Bonchev–Trinajstić information content (AvgIpc) is 2.96. The van der Waals surface area contributed by atoms with Crippen molar-refractivity contribution in [2.75, 3.05) is 13.2 Å². The van der Waals surface area contributed by atoms with Crippen LogP contribution in [0.3, 0.4) is 0 Å². The van der Waals surface area contributed by atoms with Crippen LogP contribution in [0.15, 0.2) is 18.2 Å². The highest BCUT2D eigenvalue weighted by Gasteiger charge is 2.39. The van der Waals surface area contributed by atoms with E-state index in [0.29, 0.717) is 13.2 Å². The molecule has 2 unspecified atom stereocenters. The van der Waals surface area contributed by atoms with Crippen LogP contribution in [0.1, 0.15) is 24.0 Å². The van der Waals surface area contributed by atoms with Gasteiger partial charge in [0.15, 0.2) is 0 Å². The molecule has 3 rings (SSSR count). The van der Waals surface area contributed by atoms with Crippen molar-refractivity contribution < 1.29 is 9.47 Å². The zero-order valence-electron chi connectivity index (χ0n) is 10.6. The fourth-order valence-corrected chi connectivity index (χ4v) is 2.90. The van der Waals surface area contributed by atoms with Crippen LogP contribution in [0.25, 0.3) is 0 Å². The van der Waals surface area contributed by atoms with Gasteiger partial charge in [0, 0.05) is 19.4 Å². The van der Waals surface area contributed by atoms with E-state index < -0.39 is 0 Å². The number of nitrogens with zero attached hydrogens (tertiary/aromatic N) is 1. The maximum absolute atomic E-state index is 9.35. The number of benzene rings is 1. The van der Waals surface area contributed by atoms with Gasteiger partial charge in [-0.1, -0.05) is 17.7 Å². The second-order valence-corrected chi connectivity index (χ2v) is 5.45. The zero-order chi connectivity index (χ0) is 12.6. The van der Waals surface area contributed by atoms with E-state index in [1.54, 1.807) is 0 Å². The van der Waals surface area contributed by atoms with Gasteiger partial charge in [-0.25, -0.2) is 0 Å². The van der Waals surface area contributed by atoms with Crippen LogP contribution in [0, 0.1) is 23.7 Å². The summed E-state index contributed by atoms with van der Waals surface area (Å²) in [5, 5.41) is 9.35. The maximum atomic E-state index is 9.35. The number of aryl methyl sites for hydroxylation is 1. The maximum Gasteiger partial charge on any atom is 0.123 e. The molecule has 94 valence electrons. The van der Waals surface area contributed by atoms with Gasteiger partial charge in [0.2, 0.25) is 0 Å². The van der Waals surface area contributed by atoms with E-state index in [9.17, 15) is 5.26 Å². The van der Waals surface area contributed by atoms with Gasteiger partial charge in [0.1, 0.15) is 11.9 Å². The van der Waals surface area contributed by atoms with Crippen molar-refractivity contribution in [3.05, 3.63) is 29.3 Å². The van der Waals surface area contributed by atoms with E-state index in [4.69, 9.17) is 9.47 Å². The molecule has 2 heterocycles. The molecule has 0 aromatic heterocycles. The minimum absolute atomic E-state index is 0.128. The van der Waals surface area contributed by atoms with Gasteiger partial charge < -0.3 is 9.47 Å². The monoisotopic (exact) mass is 243 g/mol. The molecule has 2 atom stereocenters. The van der Waals surface area contributed by atoms with Crippen LogP contribution in [0.5, 0.6) is 5.75 Å². The van der Waals surface area contributed by atoms with Crippen molar-refractivity contribution >= 4 is 0 Å². The van der Waals surface area contributed by atoms with Gasteiger partial charge >= 0.3 is 0 Å². The smallest absolute Gasteiger partial charge is 0.123 e. The Morgan fingerprint density at radius 3 is 3.11 bits per heavy atom. The minimum Gasteiger partial charge on any atom is -0.490 e. The number of ether oxygens (including phenoxy) is 2. The summed E-state index contributed by atoms with van der Waals surface area (Å²) in [4.78, 5) is 0. The van der Waals surface area contributed by atoms with Gasteiger partial charge in [-0.3, -0.25) is 0 Å². The predicted molar refractivity (Wildman–Crippen MR) is 67.4 cm³/mol. The third-order valence-corrected chi connectivity index (χ3v) is 3.92. The number of hydrogen-bond acceptors (Lipinski definition) is 3. The number of rotatable bonds is 2. The average molecular weight is 243 g/mol. The van der Waals surface area contributed by atoms with Crippen molar-refractivity contribution in [1.29, 1.82) is 5.26 Å². The van der Waals surface area contributed by atoms with E-state index in [1.165, 1.54) is 11.1 Å². The molecule has 0 saturated carbocycles. The topological polar surface area (TPSA) is 42.2 Å². The molecule has 1 fully saturated rings. The molecule has 3 heteroatoms. The third kappa shape index (κ3) is 1.97. The van der Waals surface area contributed by atoms with Gasteiger partial charge in [-0.2, -0.15) is 5.26 Å². The highest BCUT2D eigenvalue weighted by Crippen LogP contribution is 2.38. The largest absolute Gasteiger partial charge is 0.490 e. The first-order valence-corrected chi connectivity index (χ1v) is 6.46. The molecule has 2 aliphatic heterocycles. The van der Waals surface area contributed by atoms with Gasteiger partial charge in [0.25, 0.3) is 0 Å². The van der Waals surface area contributed by atoms with Crippen molar-refractivity contribution in [3.63, 3.8) is 0 Å². The van der Waals surface area contributed by atoms with E-state index >= 15 is 0 Å².